The summed E-state index contributed by atoms with van der Waals surface area (Å²) in [6, 6.07) is 23.8. The van der Waals surface area contributed by atoms with Gasteiger partial charge in [0.15, 0.2) is 0 Å². The molecule has 0 radical (unpaired) electrons. The van der Waals surface area contributed by atoms with E-state index in [0.29, 0.717) is 12.2 Å². The van der Waals surface area contributed by atoms with E-state index < -0.39 is 0 Å². The molecule has 4 heteroatoms. The first-order valence-corrected chi connectivity index (χ1v) is 10.2. The second-order valence-electron chi connectivity index (χ2n) is 7.23. The summed E-state index contributed by atoms with van der Waals surface area (Å²) in [5, 5.41) is 2.98. The molecule has 0 aromatic heterocycles. The number of nitrogens with one attached hydrogen (secondary N) is 1. The third-order valence-electron chi connectivity index (χ3n) is 5.24. The van der Waals surface area contributed by atoms with Crippen LogP contribution in [0.5, 0.6) is 5.75 Å². The average molecular weight is 386 g/mol. The highest BCUT2D eigenvalue weighted by Crippen LogP contribution is 2.24. The van der Waals surface area contributed by atoms with E-state index in [2.05, 4.69) is 22.3 Å². The van der Waals surface area contributed by atoms with Crippen molar-refractivity contribution in [2.45, 2.75) is 19.8 Å². The van der Waals surface area contributed by atoms with Crippen LogP contribution in [-0.4, -0.2) is 25.6 Å². The minimum Gasteiger partial charge on any atom is -0.494 e. The second kappa shape index (κ2) is 8.82. The Kier molecular flexibility index (Phi) is 5.80. The molecule has 1 aliphatic rings. The molecule has 148 valence electrons. The molecule has 0 bridgehead atoms. The Morgan fingerprint density at radius 3 is 2.03 bits per heavy atom. The van der Waals surface area contributed by atoms with E-state index in [1.165, 1.54) is 18.5 Å². The largest absolute Gasteiger partial charge is 0.494 e. The lowest BCUT2D eigenvalue weighted by atomic mass is 10.0. The van der Waals surface area contributed by atoms with Crippen LogP contribution in [0.4, 0.5) is 11.4 Å². The van der Waals surface area contributed by atoms with Gasteiger partial charge in [-0.3, -0.25) is 4.79 Å². The van der Waals surface area contributed by atoms with Gasteiger partial charge in [0.25, 0.3) is 5.91 Å². The maximum Gasteiger partial charge on any atom is 0.255 e. The normalized spacial score (nSPS) is 13.3. The third-order valence-corrected chi connectivity index (χ3v) is 5.24. The first-order valence-electron chi connectivity index (χ1n) is 10.2. The molecule has 0 atom stereocenters. The summed E-state index contributed by atoms with van der Waals surface area (Å²) >= 11 is 0. The molecule has 1 N–H and O–H groups in total. The Labute approximate surface area is 172 Å². The lowest BCUT2D eigenvalue weighted by Crippen LogP contribution is -2.17. The van der Waals surface area contributed by atoms with Crippen LogP contribution in [0.3, 0.4) is 0 Å². The van der Waals surface area contributed by atoms with Gasteiger partial charge in [0.2, 0.25) is 0 Å². The van der Waals surface area contributed by atoms with Gasteiger partial charge < -0.3 is 15.0 Å². The van der Waals surface area contributed by atoms with E-state index in [9.17, 15) is 4.79 Å². The molecule has 0 spiro atoms. The maximum absolute atomic E-state index is 12.6. The van der Waals surface area contributed by atoms with Crippen molar-refractivity contribution in [1.29, 1.82) is 0 Å². The standard InChI is InChI=1S/C25H26N2O2/c1-2-29-24-15-9-20(10-16-24)19-5-7-21(8-6-19)25(28)26-22-11-13-23(14-12-22)27-17-3-4-18-27/h5-16H,2-4,17-18H2,1H3,(H,26,28). The molecular formula is C25H26N2O2. The smallest absolute Gasteiger partial charge is 0.255 e. The monoisotopic (exact) mass is 386 g/mol. The fraction of sp³-hybridized carbons (Fsp3) is 0.240. The molecule has 3 aromatic carbocycles. The zero-order chi connectivity index (χ0) is 20.1. The van der Waals surface area contributed by atoms with Crippen molar-refractivity contribution >= 4 is 17.3 Å². The number of anilines is 2. The summed E-state index contributed by atoms with van der Waals surface area (Å²) in [6.07, 6.45) is 2.51. The van der Waals surface area contributed by atoms with Gasteiger partial charge in [-0.15, -0.1) is 0 Å². The van der Waals surface area contributed by atoms with Gasteiger partial charge in [-0.1, -0.05) is 24.3 Å². The molecule has 0 saturated carbocycles. The van der Waals surface area contributed by atoms with E-state index in [0.717, 1.165) is 35.7 Å². The Bertz CT molecular complexity index is 942. The molecule has 0 unspecified atom stereocenters. The Morgan fingerprint density at radius 2 is 1.45 bits per heavy atom. The molecule has 1 heterocycles. The highest BCUT2D eigenvalue weighted by atomic mass is 16.5. The number of carbonyl (C=O) groups is 1. The Hall–Kier alpha value is -3.27. The van der Waals surface area contributed by atoms with Gasteiger partial charge in [0.1, 0.15) is 5.75 Å². The highest BCUT2D eigenvalue weighted by Gasteiger charge is 2.12. The number of benzene rings is 3. The Morgan fingerprint density at radius 1 is 0.862 bits per heavy atom. The van der Waals surface area contributed by atoms with Gasteiger partial charge >= 0.3 is 0 Å². The Balaban J connectivity index is 1.40. The molecule has 4 nitrogen and oxygen atoms in total. The zero-order valence-electron chi connectivity index (χ0n) is 16.7. The molecule has 1 aliphatic heterocycles. The topological polar surface area (TPSA) is 41.6 Å². The van der Waals surface area contributed by atoms with Crippen LogP contribution in [0, 0.1) is 0 Å². The molecule has 1 amide bonds. The van der Waals surface area contributed by atoms with E-state index in [4.69, 9.17) is 4.74 Å². The van der Waals surface area contributed by atoms with Crippen molar-refractivity contribution in [2.75, 3.05) is 29.9 Å². The van der Waals surface area contributed by atoms with Crippen LogP contribution < -0.4 is 15.0 Å². The van der Waals surface area contributed by atoms with Gasteiger partial charge in [-0.05, 0) is 79.4 Å². The minimum atomic E-state index is -0.0998. The number of ether oxygens (including phenoxy) is 1. The third kappa shape index (κ3) is 4.60. The predicted octanol–water partition coefficient (Wildman–Crippen LogP) is 5.60. The molecule has 1 fully saturated rings. The summed E-state index contributed by atoms with van der Waals surface area (Å²) in [4.78, 5) is 15.0. The van der Waals surface area contributed by atoms with Gasteiger partial charge in [0.05, 0.1) is 6.61 Å². The first-order chi connectivity index (χ1) is 14.2. The van der Waals surface area contributed by atoms with Crippen LogP contribution in [0.2, 0.25) is 0 Å². The number of nitrogens with zero attached hydrogens (tertiary/aromatic N) is 1. The summed E-state index contributed by atoms with van der Waals surface area (Å²) in [7, 11) is 0. The first kappa shape index (κ1) is 19.1. The van der Waals surface area contributed by atoms with Crippen molar-refractivity contribution in [3.63, 3.8) is 0 Å². The van der Waals surface area contributed by atoms with Crippen molar-refractivity contribution in [3.8, 4) is 16.9 Å². The molecule has 1 saturated heterocycles. The van der Waals surface area contributed by atoms with Crippen LogP contribution in [0.1, 0.15) is 30.1 Å². The van der Waals surface area contributed by atoms with E-state index >= 15 is 0 Å². The number of carbonyl (C=O) groups excluding carboxylic acids is 1. The van der Waals surface area contributed by atoms with Crippen molar-refractivity contribution in [2.24, 2.45) is 0 Å². The fourth-order valence-corrected chi connectivity index (χ4v) is 3.66. The number of rotatable bonds is 6. The zero-order valence-corrected chi connectivity index (χ0v) is 16.7. The van der Waals surface area contributed by atoms with E-state index in [1.807, 2.05) is 67.6 Å². The second-order valence-corrected chi connectivity index (χ2v) is 7.23. The molecule has 3 aromatic rings. The van der Waals surface area contributed by atoms with Crippen LogP contribution in [0.15, 0.2) is 72.8 Å². The van der Waals surface area contributed by atoms with Crippen LogP contribution >= 0.6 is 0 Å². The minimum absolute atomic E-state index is 0.0998. The fourth-order valence-electron chi connectivity index (χ4n) is 3.66. The van der Waals surface area contributed by atoms with Gasteiger partial charge in [0, 0.05) is 30.0 Å². The lowest BCUT2D eigenvalue weighted by molar-refractivity contribution is 0.102. The van der Waals surface area contributed by atoms with Crippen LogP contribution in [0.25, 0.3) is 11.1 Å². The number of amides is 1. The van der Waals surface area contributed by atoms with Crippen LogP contribution in [-0.2, 0) is 0 Å². The molecule has 4 rings (SSSR count). The SMILES string of the molecule is CCOc1ccc(-c2ccc(C(=O)Nc3ccc(N4CCCC4)cc3)cc2)cc1. The van der Waals surface area contributed by atoms with Crippen molar-refractivity contribution in [3.05, 3.63) is 78.4 Å². The average Bonchev–Trinajstić information content (AvgIpc) is 3.30. The summed E-state index contributed by atoms with van der Waals surface area (Å²) in [6.45, 7) is 4.86. The van der Waals surface area contributed by atoms with E-state index in [1.54, 1.807) is 0 Å². The van der Waals surface area contributed by atoms with Crippen molar-refractivity contribution < 1.29 is 9.53 Å². The maximum atomic E-state index is 12.6. The molecule has 0 aliphatic carbocycles. The van der Waals surface area contributed by atoms with E-state index in [-0.39, 0.29) is 5.91 Å². The van der Waals surface area contributed by atoms with Gasteiger partial charge in [-0.25, -0.2) is 0 Å². The molecule has 29 heavy (non-hydrogen) atoms. The number of hydrogen-bond donors (Lipinski definition) is 1. The summed E-state index contributed by atoms with van der Waals surface area (Å²) in [5.41, 5.74) is 4.84. The summed E-state index contributed by atoms with van der Waals surface area (Å²) < 4.78 is 5.48. The lowest BCUT2D eigenvalue weighted by Gasteiger charge is -2.17. The van der Waals surface area contributed by atoms with Crippen molar-refractivity contribution in [1.82, 2.24) is 0 Å². The van der Waals surface area contributed by atoms with Gasteiger partial charge in [-0.2, -0.15) is 0 Å². The highest BCUT2D eigenvalue weighted by molar-refractivity contribution is 6.04. The molecular weight excluding hydrogens is 360 g/mol. The summed E-state index contributed by atoms with van der Waals surface area (Å²) in [5.74, 6) is 0.764. The quantitative estimate of drug-likeness (QED) is 0.599. The predicted molar refractivity (Wildman–Crippen MR) is 119 cm³/mol. The number of hydrogen-bond acceptors (Lipinski definition) is 3.